The van der Waals surface area contributed by atoms with Gasteiger partial charge in [-0.2, -0.15) is 0 Å². The number of rotatable bonds is 4. The molecule has 1 amide bonds. The van der Waals surface area contributed by atoms with E-state index in [0.29, 0.717) is 6.42 Å². The summed E-state index contributed by atoms with van der Waals surface area (Å²) in [5.41, 5.74) is 6.12. The molecule has 0 spiro atoms. The first-order valence-electron chi connectivity index (χ1n) is 7.16. The summed E-state index contributed by atoms with van der Waals surface area (Å²) in [6.07, 6.45) is 6.03. The van der Waals surface area contributed by atoms with Gasteiger partial charge in [0.1, 0.15) is 0 Å². The highest BCUT2D eigenvalue weighted by Gasteiger charge is 2.30. The molecule has 1 aromatic rings. The third kappa shape index (κ3) is 3.68. The van der Waals surface area contributed by atoms with Crippen LogP contribution in [0.2, 0.25) is 0 Å². The van der Waals surface area contributed by atoms with Crippen molar-refractivity contribution in [1.29, 1.82) is 0 Å². The Balaban J connectivity index is 2.26. The van der Waals surface area contributed by atoms with Crippen LogP contribution in [0.4, 0.5) is 11.5 Å². The van der Waals surface area contributed by atoms with Crippen LogP contribution in [0.5, 0.6) is 0 Å². The van der Waals surface area contributed by atoms with Crippen LogP contribution < -0.4 is 11.1 Å². The van der Waals surface area contributed by atoms with Crippen LogP contribution in [0.1, 0.15) is 37.7 Å². The predicted molar refractivity (Wildman–Crippen MR) is 78.8 cm³/mol. The molecule has 1 saturated carbocycles. The molecule has 21 heavy (non-hydrogen) atoms. The van der Waals surface area contributed by atoms with E-state index in [0.717, 1.165) is 31.2 Å². The maximum atomic E-state index is 11.6. The molecule has 1 aliphatic carbocycles. The van der Waals surface area contributed by atoms with Gasteiger partial charge < -0.3 is 11.1 Å². The molecule has 7 heteroatoms. The van der Waals surface area contributed by atoms with Crippen LogP contribution in [-0.4, -0.2) is 21.9 Å². The minimum Gasteiger partial charge on any atom is -0.369 e. The smallest absolute Gasteiger partial charge is 0.311 e. The van der Waals surface area contributed by atoms with E-state index < -0.39 is 4.92 Å². The molecule has 0 aromatic carbocycles. The zero-order valence-corrected chi connectivity index (χ0v) is 12.0. The van der Waals surface area contributed by atoms with E-state index in [1.54, 1.807) is 13.1 Å². The van der Waals surface area contributed by atoms with E-state index in [-0.39, 0.29) is 29.4 Å². The number of aryl methyl sites for hydroxylation is 1. The van der Waals surface area contributed by atoms with Crippen molar-refractivity contribution < 1.29 is 9.72 Å². The Morgan fingerprint density at radius 2 is 2.14 bits per heavy atom. The normalized spacial score (nSPS) is 22.3. The van der Waals surface area contributed by atoms with Crippen LogP contribution in [0.3, 0.4) is 0 Å². The fraction of sp³-hybridized carbons (Fsp3) is 0.571. The van der Waals surface area contributed by atoms with E-state index in [9.17, 15) is 14.9 Å². The van der Waals surface area contributed by atoms with Crippen molar-refractivity contribution in [3.8, 4) is 0 Å². The summed E-state index contributed by atoms with van der Waals surface area (Å²) in [4.78, 5) is 26.4. The van der Waals surface area contributed by atoms with E-state index in [4.69, 9.17) is 5.73 Å². The van der Waals surface area contributed by atoms with Crippen LogP contribution in [0.15, 0.2) is 12.3 Å². The molecular weight excluding hydrogens is 272 g/mol. The van der Waals surface area contributed by atoms with Gasteiger partial charge in [0.25, 0.3) is 0 Å². The number of nitro groups is 1. The number of carbonyl (C=O) groups excluding carboxylic acids is 1. The van der Waals surface area contributed by atoms with Crippen molar-refractivity contribution in [2.24, 2.45) is 11.7 Å². The SMILES string of the molecule is Cc1cnc(NC2CCCCCC2C(N)=O)c([N+](=O)[O-])c1. The molecule has 1 aliphatic rings. The monoisotopic (exact) mass is 292 g/mol. The van der Waals surface area contributed by atoms with E-state index >= 15 is 0 Å². The second kappa shape index (κ2) is 6.51. The number of nitrogens with one attached hydrogen (secondary N) is 1. The van der Waals surface area contributed by atoms with Crippen LogP contribution in [0.25, 0.3) is 0 Å². The predicted octanol–water partition coefficient (Wildman–Crippen LogP) is 2.14. The Morgan fingerprint density at radius 1 is 1.43 bits per heavy atom. The number of hydrogen-bond acceptors (Lipinski definition) is 5. The van der Waals surface area contributed by atoms with Gasteiger partial charge in [-0.25, -0.2) is 4.98 Å². The second-order valence-electron chi connectivity index (χ2n) is 5.54. The third-order valence-electron chi connectivity index (χ3n) is 3.90. The Labute approximate surface area is 123 Å². The summed E-state index contributed by atoms with van der Waals surface area (Å²) >= 11 is 0. The zero-order valence-electron chi connectivity index (χ0n) is 12.0. The summed E-state index contributed by atoms with van der Waals surface area (Å²) in [6, 6.07) is 1.28. The lowest BCUT2D eigenvalue weighted by Crippen LogP contribution is -2.38. The maximum absolute atomic E-state index is 11.6. The minimum atomic E-state index is -0.460. The van der Waals surface area contributed by atoms with Gasteiger partial charge in [-0.05, 0) is 25.3 Å². The first-order valence-corrected chi connectivity index (χ1v) is 7.16. The summed E-state index contributed by atoms with van der Waals surface area (Å²) < 4.78 is 0. The molecule has 0 saturated heterocycles. The quantitative estimate of drug-likeness (QED) is 0.501. The zero-order chi connectivity index (χ0) is 15.4. The Kier molecular flexibility index (Phi) is 4.72. The van der Waals surface area contributed by atoms with Gasteiger partial charge in [-0.3, -0.25) is 14.9 Å². The topological polar surface area (TPSA) is 111 Å². The first-order chi connectivity index (χ1) is 9.99. The number of nitrogens with zero attached hydrogens (tertiary/aromatic N) is 2. The fourth-order valence-electron chi connectivity index (χ4n) is 2.80. The van der Waals surface area contributed by atoms with Crippen molar-refractivity contribution in [1.82, 2.24) is 4.98 Å². The number of aromatic nitrogens is 1. The number of carbonyl (C=O) groups is 1. The fourth-order valence-corrected chi connectivity index (χ4v) is 2.80. The molecule has 1 aromatic heterocycles. The largest absolute Gasteiger partial charge is 0.369 e. The number of hydrogen-bond donors (Lipinski definition) is 2. The van der Waals surface area contributed by atoms with Crippen LogP contribution in [-0.2, 0) is 4.79 Å². The lowest BCUT2D eigenvalue weighted by Gasteiger charge is -2.24. The van der Waals surface area contributed by atoms with Gasteiger partial charge in [-0.15, -0.1) is 0 Å². The molecule has 2 unspecified atom stereocenters. The van der Waals surface area contributed by atoms with Gasteiger partial charge in [-0.1, -0.05) is 19.3 Å². The molecule has 7 nitrogen and oxygen atoms in total. The Morgan fingerprint density at radius 3 is 2.81 bits per heavy atom. The Bertz CT molecular complexity index is 547. The molecule has 2 atom stereocenters. The lowest BCUT2D eigenvalue weighted by atomic mass is 9.94. The number of pyridine rings is 1. The minimum absolute atomic E-state index is 0.0672. The number of amides is 1. The number of nitrogens with two attached hydrogens (primary N) is 1. The lowest BCUT2D eigenvalue weighted by molar-refractivity contribution is -0.384. The highest BCUT2D eigenvalue weighted by atomic mass is 16.6. The second-order valence-corrected chi connectivity index (χ2v) is 5.54. The number of primary amides is 1. The molecule has 0 radical (unpaired) electrons. The molecule has 0 bridgehead atoms. The van der Waals surface area contributed by atoms with Gasteiger partial charge in [0.05, 0.1) is 10.8 Å². The summed E-state index contributed by atoms with van der Waals surface area (Å²) in [5, 5.41) is 14.2. The van der Waals surface area contributed by atoms with Crippen LogP contribution in [0, 0.1) is 23.0 Å². The molecule has 0 aliphatic heterocycles. The molecular formula is C14H20N4O3. The molecule has 2 rings (SSSR count). The van der Waals surface area contributed by atoms with Gasteiger partial charge in [0.2, 0.25) is 11.7 Å². The van der Waals surface area contributed by atoms with Crippen LogP contribution >= 0.6 is 0 Å². The molecule has 1 fully saturated rings. The molecule has 114 valence electrons. The van der Waals surface area contributed by atoms with Crippen molar-refractivity contribution >= 4 is 17.4 Å². The first kappa shape index (κ1) is 15.2. The van der Waals surface area contributed by atoms with Gasteiger partial charge >= 0.3 is 5.69 Å². The van der Waals surface area contributed by atoms with Crippen molar-refractivity contribution in [3.63, 3.8) is 0 Å². The number of anilines is 1. The summed E-state index contributed by atoms with van der Waals surface area (Å²) in [6.45, 7) is 1.75. The summed E-state index contributed by atoms with van der Waals surface area (Å²) in [7, 11) is 0. The van der Waals surface area contributed by atoms with E-state index in [1.165, 1.54) is 6.07 Å². The van der Waals surface area contributed by atoms with Crippen molar-refractivity contribution in [2.75, 3.05) is 5.32 Å². The highest BCUT2D eigenvalue weighted by molar-refractivity contribution is 5.78. The third-order valence-corrected chi connectivity index (χ3v) is 3.90. The van der Waals surface area contributed by atoms with Gasteiger partial charge in [0.15, 0.2) is 0 Å². The van der Waals surface area contributed by atoms with Gasteiger partial charge in [0, 0.05) is 18.3 Å². The average molecular weight is 292 g/mol. The summed E-state index contributed by atoms with van der Waals surface area (Å²) in [5.74, 6) is -0.455. The average Bonchev–Trinajstić information content (AvgIpc) is 2.66. The van der Waals surface area contributed by atoms with Crippen molar-refractivity contribution in [3.05, 3.63) is 27.9 Å². The van der Waals surface area contributed by atoms with Crippen molar-refractivity contribution in [2.45, 2.75) is 45.1 Å². The highest BCUT2D eigenvalue weighted by Crippen LogP contribution is 2.29. The van der Waals surface area contributed by atoms with E-state index in [2.05, 4.69) is 10.3 Å². The standard InChI is InChI=1S/C14H20N4O3/c1-9-7-12(18(20)21)14(16-8-9)17-11-6-4-2-3-5-10(11)13(15)19/h7-8,10-11H,2-6H2,1H3,(H2,15,19)(H,16,17). The molecule has 3 N–H and O–H groups in total. The maximum Gasteiger partial charge on any atom is 0.311 e. The van der Waals surface area contributed by atoms with E-state index in [1.807, 2.05) is 0 Å². The Hall–Kier alpha value is -2.18. The molecule has 1 heterocycles.